The molecule has 39 heavy (non-hydrogen) atoms. The first-order valence-corrected chi connectivity index (χ1v) is 12.0. The van der Waals surface area contributed by atoms with Crippen molar-refractivity contribution in [3.63, 3.8) is 0 Å². The van der Waals surface area contributed by atoms with E-state index in [4.69, 9.17) is 4.74 Å². The van der Waals surface area contributed by atoms with Crippen LogP contribution in [0.4, 0.5) is 23.7 Å². The topological polar surface area (TPSA) is 101 Å². The highest BCUT2D eigenvalue weighted by molar-refractivity contribution is 6.24. The number of rotatable bonds is 8. The number of amides is 4. The molecule has 1 aliphatic carbocycles. The number of aromatic nitrogens is 1. The van der Waals surface area contributed by atoms with Crippen LogP contribution in [0.15, 0.2) is 67.0 Å². The first-order valence-electron chi connectivity index (χ1n) is 12.0. The quantitative estimate of drug-likeness (QED) is 0.425. The number of hydrogen-bond acceptors (Lipinski definition) is 6. The molecule has 2 fully saturated rings. The van der Waals surface area contributed by atoms with Gasteiger partial charge in [0.25, 0.3) is 11.8 Å². The summed E-state index contributed by atoms with van der Waals surface area (Å²) in [7, 11) is 1.56. The Morgan fingerprint density at radius 1 is 1.03 bits per heavy atom. The summed E-state index contributed by atoms with van der Waals surface area (Å²) in [6.07, 6.45) is -1.09. The average Bonchev–Trinajstić information content (AvgIpc) is 3.69. The number of anilines is 1. The van der Waals surface area contributed by atoms with Gasteiger partial charge >= 0.3 is 12.4 Å². The minimum absolute atomic E-state index is 0.0237. The van der Waals surface area contributed by atoms with Gasteiger partial charge in [0.05, 0.1) is 18.4 Å². The van der Waals surface area contributed by atoms with Crippen LogP contribution in [-0.4, -0.2) is 46.7 Å². The Labute approximate surface area is 221 Å². The van der Waals surface area contributed by atoms with Crippen molar-refractivity contribution in [1.29, 1.82) is 0 Å². The second-order valence-electron chi connectivity index (χ2n) is 9.15. The largest absolute Gasteiger partial charge is 0.573 e. The zero-order chi connectivity index (χ0) is 27.8. The van der Waals surface area contributed by atoms with Gasteiger partial charge in [0.1, 0.15) is 17.0 Å². The lowest BCUT2D eigenvalue weighted by molar-refractivity contribution is -0.274. The van der Waals surface area contributed by atoms with E-state index in [0.717, 1.165) is 22.6 Å². The van der Waals surface area contributed by atoms with Crippen LogP contribution in [0.5, 0.6) is 11.5 Å². The maximum absolute atomic E-state index is 13.4. The second kappa shape index (κ2) is 9.93. The van der Waals surface area contributed by atoms with E-state index in [1.54, 1.807) is 25.3 Å². The number of carbonyl (C=O) groups excluding carboxylic acids is 3. The number of methoxy groups -OCH3 is 1. The van der Waals surface area contributed by atoms with Crippen LogP contribution in [0, 0.1) is 0 Å². The van der Waals surface area contributed by atoms with Crippen molar-refractivity contribution >= 4 is 23.5 Å². The Hall–Kier alpha value is -4.61. The van der Waals surface area contributed by atoms with Crippen molar-refractivity contribution in [2.75, 3.05) is 12.0 Å². The van der Waals surface area contributed by atoms with Crippen LogP contribution in [-0.2, 0) is 17.9 Å². The highest BCUT2D eigenvalue weighted by Crippen LogP contribution is 2.50. The fraction of sp³-hybridized carbons (Fsp3) is 0.259. The van der Waals surface area contributed by atoms with Gasteiger partial charge in [-0.3, -0.25) is 14.6 Å². The SMILES string of the molecule is COc1ccc(CNC(=O)c2cnccc2CN2C(=O)N(c3ccc(OC(F)(F)F)cc3)C(=O)C23CC3)cc1. The van der Waals surface area contributed by atoms with E-state index in [1.807, 2.05) is 12.1 Å². The summed E-state index contributed by atoms with van der Waals surface area (Å²) in [4.78, 5) is 46.2. The van der Waals surface area contributed by atoms with E-state index in [9.17, 15) is 27.6 Å². The van der Waals surface area contributed by atoms with Gasteiger partial charge in [0.2, 0.25) is 0 Å². The van der Waals surface area contributed by atoms with E-state index in [-0.39, 0.29) is 24.3 Å². The Morgan fingerprint density at radius 3 is 2.31 bits per heavy atom. The van der Waals surface area contributed by atoms with Gasteiger partial charge in [-0.05, 0) is 66.4 Å². The van der Waals surface area contributed by atoms with Crippen LogP contribution in [0.3, 0.4) is 0 Å². The van der Waals surface area contributed by atoms with Gasteiger partial charge in [-0.15, -0.1) is 13.2 Å². The number of alkyl halides is 3. The lowest BCUT2D eigenvalue weighted by Gasteiger charge is -2.22. The third-order valence-corrected chi connectivity index (χ3v) is 6.69. The monoisotopic (exact) mass is 540 g/mol. The highest BCUT2D eigenvalue weighted by Gasteiger charge is 2.65. The molecular formula is C27H23F3N4O5. The maximum atomic E-state index is 13.4. The smallest absolute Gasteiger partial charge is 0.497 e. The molecule has 3 aromatic rings. The number of benzene rings is 2. The molecule has 0 radical (unpaired) electrons. The summed E-state index contributed by atoms with van der Waals surface area (Å²) in [5.41, 5.74) is 0.683. The molecule has 12 heteroatoms. The molecular weight excluding hydrogens is 517 g/mol. The summed E-state index contributed by atoms with van der Waals surface area (Å²) >= 11 is 0. The molecule has 0 unspecified atom stereocenters. The van der Waals surface area contributed by atoms with Crippen molar-refractivity contribution in [3.8, 4) is 11.5 Å². The molecule has 5 rings (SSSR count). The number of pyridine rings is 1. The fourth-order valence-corrected chi connectivity index (χ4v) is 4.52. The zero-order valence-corrected chi connectivity index (χ0v) is 20.7. The standard InChI is InChI=1S/C27H23F3N4O5/c1-38-20-6-2-17(3-7-20)14-32-23(35)22-15-31-13-10-18(22)16-33-25(37)34(24(36)26(33)11-12-26)19-4-8-21(9-5-19)39-27(28,29)30/h2-10,13,15H,11-12,14,16H2,1H3,(H,32,35). The molecule has 4 amide bonds. The van der Waals surface area contributed by atoms with Crippen LogP contribution >= 0.6 is 0 Å². The number of imide groups is 1. The number of halogens is 3. The molecule has 2 aliphatic rings. The molecule has 1 aliphatic heterocycles. The van der Waals surface area contributed by atoms with Crippen molar-refractivity contribution in [2.24, 2.45) is 0 Å². The molecule has 2 heterocycles. The van der Waals surface area contributed by atoms with Gasteiger partial charge in [0, 0.05) is 25.5 Å². The van der Waals surface area contributed by atoms with Gasteiger partial charge in [-0.25, -0.2) is 9.69 Å². The van der Waals surface area contributed by atoms with Crippen molar-refractivity contribution in [2.45, 2.75) is 37.8 Å². The fourth-order valence-electron chi connectivity index (χ4n) is 4.52. The second-order valence-corrected chi connectivity index (χ2v) is 9.15. The maximum Gasteiger partial charge on any atom is 0.573 e. The van der Waals surface area contributed by atoms with E-state index in [2.05, 4.69) is 15.0 Å². The number of urea groups is 1. The molecule has 0 atom stereocenters. The molecule has 1 aromatic heterocycles. The van der Waals surface area contributed by atoms with Gasteiger partial charge in [-0.2, -0.15) is 0 Å². The van der Waals surface area contributed by atoms with E-state index in [1.165, 1.54) is 29.4 Å². The summed E-state index contributed by atoms with van der Waals surface area (Å²) < 4.78 is 46.5. The summed E-state index contributed by atoms with van der Waals surface area (Å²) in [6, 6.07) is 12.7. The Morgan fingerprint density at radius 2 is 1.69 bits per heavy atom. The average molecular weight is 540 g/mol. The molecule has 1 saturated carbocycles. The highest BCUT2D eigenvalue weighted by atomic mass is 19.4. The third-order valence-electron chi connectivity index (χ3n) is 6.69. The lowest BCUT2D eigenvalue weighted by atomic mass is 10.1. The predicted molar refractivity (Wildman–Crippen MR) is 132 cm³/mol. The van der Waals surface area contributed by atoms with Crippen molar-refractivity contribution in [3.05, 3.63) is 83.7 Å². The first kappa shape index (κ1) is 26.0. The van der Waals surface area contributed by atoms with Crippen LogP contribution < -0.4 is 19.7 Å². The number of hydrogen-bond donors (Lipinski definition) is 1. The van der Waals surface area contributed by atoms with E-state index < -0.39 is 35.5 Å². The van der Waals surface area contributed by atoms with E-state index >= 15 is 0 Å². The number of nitrogens with zero attached hydrogens (tertiary/aromatic N) is 3. The molecule has 9 nitrogen and oxygen atoms in total. The van der Waals surface area contributed by atoms with Crippen LogP contribution in [0.2, 0.25) is 0 Å². The molecule has 202 valence electrons. The molecule has 1 spiro atoms. The Bertz CT molecular complexity index is 1410. The van der Waals surface area contributed by atoms with Gasteiger partial charge in [-0.1, -0.05) is 12.1 Å². The molecule has 2 aromatic carbocycles. The summed E-state index contributed by atoms with van der Waals surface area (Å²) in [5.74, 6) is -0.631. The molecule has 0 bridgehead atoms. The zero-order valence-electron chi connectivity index (χ0n) is 20.7. The van der Waals surface area contributed by atoms with Gasteiger partial charge < -0.3 is 19.7 Å². The Kier molecular flexibility index (Phi) is 6.62. The third kappa shape index (κ3) is 5.22. The number of nitrogens with one attached hydrogen (secondary N) is 1. The van der Waals surface area contributed by atoms with Crippen molar-refractivity contribution in [1.82, 2.24) is 15.2 Å². The van der Waals surface area contributed by atoms with Crippen LogP contribution in [0.1, 0.15) is 34.3 Å². The van der Waals surface area contributed by atoms with Gasteiger partial charge in [0.15, 0.2) is 0 Å². The predicted octanol–water partition coefficient (Wildman–Crippen LogP) is 4.42. The summed E-state index contributed by atoms with van der Waals surface area (Å²) in [6.45, 7) is 0.230. The van der Waals surface area contributed by atoms with Crippen molar-refractivity contribution < 1.29 is 37.0 Å². The lowest BCUT2D eigenvalue weighted by Crippen LogP contribution is -2.37. The van der Waals surface area contributed by atoms with E-state index in [0.29, 0.717) is 24.2 Å². The normalized spacial score (nSPS) is 16.0. The molecule has 1 N–H and O–H groups in total. The molecule has 1 saturated heterocycles. The minimum Gasteiger partial charge on any atom is -0.497 e. The van der Waals surface area contributed by atoms with Crippen LogP contribution in [0.25, 0.3) is 0 Å². The Balaban J connectivity index is 1.32. The minimum atomic E-state index is -4.86. The number of carbonyl (C=O) groups is 3. The number of ether oxygens (including phenoxy) is 2. The first-order chi connectivity index (χ1) is 18.6. The summed E-state index contributed by atoms with van der Waals surface area (Å²) in [5, 5.41) is 2.84.